The highest BCUT2D eigenvalue weighted by Crippen LogP contribution is 2.23. The van der Waals surface area contributed by atoms with Gasteiger partial charge in [0, 0.05) is 12.0 Å². The highest BCUT2D eigenvalue weighted by Gasteiger charge is 2.18. The largest absolute Gasteiger partial charge is 0.481 e. The number of carboxylic acids is 1. The molecule has 1 aromatic carbocycles. The van der Waals surface area contributed by atoms with E-state index in [2.05, 4.69) is 0 Å². The molecule has 1 aliphatic rings. The summed E-state index contributed by atoms with van der Waals surface area (Å²) in [7, 11) is 0. The minimum absolute atomic E-state index is 0.00499. The molecule has 3 nitrogen and oxygen atoms in total. The van der Waals surface area contributed by atoms with Gasteiger partial charge in [0.1, 0.15) is 0 Å². The normalized spacial score (nSPS) is 14.4. The van der Waals surface area contributed by atoms with Gasteiger partial charge in [0.25, 0.3) is 0 Å². The fraction of sp³-hybridized carbons (Fsp3) is 0.231. The summed E-state index contributed by atoms with van der Waals surface area (Å²) in [4.78, 5) is 21.8. The summed E-state index contributed by atoms with van der Waals surface area (Å²) in [5, 5.41) is 8.48. The fourth-order valence-corrected chi connectivity index (χ4v) is 1.85. The molecule has 3 heteroatoms. The zero-order valence-electron chi connectivity index (χ0n) is 8.77. The molecule has 16 heavy (non-hydrogen) atoms. The summed E-state index contributed by atoms with van der Waals surface area (Å²) >= 11 is 0. The summed E-state index contributed by atoms with van der Waals surface area (Å²) in [6.07, 6.45) is 4.75. The zero-order valence-corrected chi connectivity index (χ0v) is 8.77. The van der Waals surface area contributed by atoms with Gasteiger partial charge in [-0.15, -0.1) is 0 Å². The molecule has 0 heterocycles. The lowest BCUT2D eigenvalue weighted by Crippen LogP contribution is -1.92. The Bertz CT molecular complexity index is 472. The molecule has 0 atom stereocenters. The van der Waals surface area contributed by atoms with Crippen LogP contribution in [0.1, 0.15) is 34.3 Å². The van der Waals surface area contributed by atoms with Crippen molar-refractivity contribution in [2.24, 2.45) is 0 Å². The van der Waals surface area contributed by atoms with Crippen molar-refractivity contribution in [2.45, 2.75) is 19.3 Å². The summed E-state index contributed by atoms with van der Waals surface area (Å²) in [6, 6.07) is 5.69. The number of hydrogen-bond donors (Lipinski definition) is 1. The SMILES string of the molecule is O=C(O)CC=Cc1ccc2c(c1)C(=O)CC2. The lowest BCUT2D eigenvalue weighted by Gasteiger charge is -1.99. The number of fused-ring (bicyclic) bond motifs is 1. The molecule has 2 rings (SSSR count). The predicted octanol–water partition coefficient (Wildman–Crippen LogP) is 2.30. The van der Waals surface area contributed by atoms with Crippen LogP contribution in [-0.4, -0.2) is 16.9 Å². The maximum Gasteiger partial charge on any atom is 0.307 e. The number of benzene rings is 1. The van der Waals surface area contributed by atoms with Crippen LogP contribution in [0.5, 0.6) is 0 Å². The van der Waals surface area contributed by atoms with Crippen molar-refractivity contribution in [3.8, 4) is 0 Å². The van der Waals surface area contributed by atoms with E-state index in [0.717, 1.165) is 23.1 Å². The highest BCUT2D eigenvalue weighted by atomic mass is 16.4. The predicted molar refractivity (Wildman–Crippen MR) is 60.4 cm³/mol. The van der Waals surface area contributed by atoms with Crippen molar-refractivity contribution in [1.29, 1.82) is 0 Å². The van der Waals surface area contributed by atoms with Gasteiger partial charge in [0.2, 0.25) is 0 Å². The first-order valence-electron chi connectivity index (χ1n) is 5.21. The van der Waals surface area contributed by atoms with Crippen LogP contribution in [0.15, 0.2) is 24.3 Å². The van der Waals surface area contributed by atoms with Gasteiger partial charge in [0.05, 0.1) is 6.42 Å². The number of hydrogen-bond acceptors (Lipinski definition) is 2. The number of carbonyl (C=O) groups excluding carboxylic acids is 1. The lowest BCUT2D eigenvalue weighted by molar-refractivity contribution is -0.135. The van der Waals surface area contributed by atoms with E-state index in [0.29, 0.717) is 6.42 Å². The van der Waals surface area contributed by atoms with Crippen LogP contribution in [0.25, 0.3) is 6.08 Å². The second-order valence-electron chi connectivity index (χ2n) is 3.84. The minimum atomic E-state index is -0.853. The van der Waals surface area contributed by atoms with Crippen LogP contribution in [-0.2, 0) is 11.2 Å². The van der Waals surface area contributed by atoms with Crippen LogP contribution in [0, 0.1) is 0 Å². The molecule has 0 aromatic heterocycles. The van der Waals surface area contributed by atoms with Crippen molar-refractivity contribution in [1.82, 2.24) is 0 Å². The monoisotopic (exact) mass is 216 g/mol. The summed E-state index contributed by atoms with van der Waals surface area (Å²) in [5.74, 6) is -0.669. The molecule has 1 aliphatic carbocycles. The Kier molecular flexibility index (Phi) is 2.86. The number of carboxylic acid groups (broad SMARTS) is 1. The molecule has 0 fully saturated rings. The quantitative estimate of drug-likeness (QED) is 0.843. The molecule has 0 unspecified atom stereocenters. The van der Waals surface area contributed by atoms with Crippen molar-refractivity contribution in [3.05, 3.63) is 41.0 Å². The van der Waals surface area contributed by atoms with E-state index < -0.39 is 5.97 Å². The van der Waals surface area contributed by atoms with E-state index in [1.165, 1.54) is 0 Å². The smallest absolute Gasteiger partial charge is 0.307 e. The Labute approximate surface area is 93.4 Å². The van der Waals surface area contributed by atoms with Gasteiger partial charge >= 0.3 is 5.97 Å². The van der Waals surface area contributed by atoms with Crippen LogP contribution in [0.3, 0.4) is 0 Å². The van der Waals surface area contributed by atoms with E-state index in [1.54, 1.807) is 12.2 Å². The maximum atomic E-state index is 11.5. The summed E-state index contributed by atoms with van der Waals surface area (Å²) < 4.78 is 0. The average Bonchev–Trinajstić information content (AvgIpc) is 2.60. The number of aryl methyl sites for hydroxylation is 1. The van der Waals surface area contributed by atoms with Gasteiger partial charge in [0.15, 0.2) is 5.78 Å². The standard InChI is InChI=1S/C13H12O3/c14-12-7-6-10-5-4-9(8-11(10)12)2-1-3-13(15)16/h1-2,4-5,8H,3,6-7H2,(H,15,16). The third-order valence-electron chi connectivity index (χ3n) is 2.66. The Hall–Kier alpha value is -1.90. The number of rotatable bonds is 3. The fourth-order valence-electron chi connectivity index (χ4n) is 1.85. The van der Waals surface area contributed by atoms with Crippen LogP contribution >= 0.6 is 0 Å². The third-order valence-corrected chi connectivity index (χ3v) is 2.66. The molecule has 1 aromatic rings. The molecule has 0 bridgehead atoms. The first-order valence-corrected chi connectivity index (χ1v) is 5.21. The molecular weight excluding hydrogens is 204 g/mol. The Morgan fingerprint density at radius 3 is 2.94 bits per heavy atom. The Morgan fingerprint density at radius 1 is 1.38 bits per heavy atom. The number of ketones is 1. The van der Waals surface area contributed by atoms with Gasteiger partial charge in [-0.1, -0.05) is 24.3 Å². The Morgan fingerprint density at radius 2 is 2.19 bits per heavy atom. The van der Waals surface area contributed by atoms with Crippen LogP contribution < -0.4 is 0 Å². The van der Waals surface area contributed by atoms with Gasteiger partial charge in [-0.3, -0.25) is 9.59 Å². The highest BCUT2D eigenvalue weighted by molar-refractivity contribution is 6.00. The van der Waals surface area contributed by atoms with Gasteiger partial charge in [-0.2, -0.15) is 0 Å². The second kappa shape index (κ2) is 4.31. The molecule has 0 spiro atoms. The molecular formula is C13H12O3. The van der Waals surface area contributed by atoms with E-state index in [4.69, 9.17) is 5.11 Å². The van der Waals surface area contributed by atoms with Gasteiger partial charge in [-0.25, -0.2) is 0 Å². The van der Waals surface area contributed by atoms with Gasteiger partial charge < -0.3 is 5.11 Å². The summed E-state index contributed by atoms with van der Waals surface area (Å²) in [5.41, 5.74) is 2.77. The van der Waals surface area contributed by atoms with Crippen LogP contribution in [0.2, 0.25) is 0 Å². The van der Waals surface area contributed by atoms with E-state index in [9.17, 15) is 9.59 Å². The van der Waals surface area contributed by atoms with Crippen molar-refractivity contribution in [2.75, 3.05) is 0 Å². The van der Waals surface area contributed by atoms with Crippen LogP contribution in [0.4, 0.5) is 0 Å². The van der Waals surface area contributed by atoms with E-state index in [-0.39, 0.29) is 12.2 Å². The number of carbonyl (C=O) groups is 2. The minimum Gasteiger partial charge on any atom is -0.481 e. The first kappa shape index (κ1) is 10.6. The molecule has 0 saturated heterocycles. The molecule has 0 aliphatic heterocycles. The van der Waals surface area contributed by atoms with Crippen molar-refractivity contribution in [3.63, 3.8) is 0 Å². The topological polar surface area (TPSA) is 54.4 Å². The van der Waals surface area contributed by atoms with E-state index >= 15 is 0 Å². The number of aliphatic carboxylic acids is 1. The van der Waals surface area contributed by atoms with E-state index in [1.807, 2.05) is 18.2 Å². The maximum absolute atomic E-state index is 11.5. The third kappa shape index (κ3) is 2.19. The zero-order chi connectivity index (χ0) is 11.5. The van der Waals surface area contributed by atoms with Crippen molar-refractivity contribution < 1.29 is 14.7 Å². The molecule has 0 amide bonds. The Balaban J connectivity index is 2.18. The van der Waals surface area contributed by atoms with Gasteiger partial charge in [-0.05, 0) is 23.6 Å². The first-order chi connectivity index (χ1) is 7.66. The molecule has 0 radical (unpaired) electrons. The van der Waals surface area contributed by atoms with Crippen molar-refractivity contribution >= 4 is 17.8 Å². The summed E-state index contributed by atoms with van der Waals surface area (Å²) in [6.45, 7) is 0. The molecule has 82 valence electrons. The lowest BCUT2D eigenvalue weighted by atomic mass is 10.1. The second-order valence-corrected chi connectivity index (χ2v) is 3.84. The molecule has 1 N–H and O–H groups in total. The average molecular weight is 216 g/mol. The number of Topliss-reactive ketones (excluding diaryl/α,β-unsaturated/α-hetero) is 1. The molecule has 0 saturated carbocycles.